The predicted molar refractivity (Wildman–Crippen MR) is 119 cm³/mol. The van der Waals surface area contributed by atoms with Gasteiger partial charge >= 0.3 is 0 Å². The highest BCUT2D eigenvalue weighted by atomic mass is 16.2. The van der Waals surface area contributed by atoms with E-state index in [1.165, 1.54) is 12.8 Å². The summed E-state index contributed by atoms with van der Waals surface area (Å²) >= 11 is 0. The van der Waals surface area contributed by atoms with Gasteiger partial charge in [0.05, 0.1) is 0 Å². The molecule has 1 saturated carbocycles. The second kappa shape index (κ2) is 7.08. The molecule has 0 spiro atoms. The fourth-order valence-electron chi connectivity index (χ4n) is 4.35. The number of rotatable bonds is 6. The van der Waals surface area contributed by atoms with Crippen LogP contribution in [0.5, 0.6) is 0 Å². The molecule has 1 atom stereocenters. The zero-order chi connectivity index (χ0) is 21.7. The zero-order valence-electron chi connectivity index (χ0n) is 17.7. The SMILES string of the molecule is C[C@@]1(C(=O)Nc2cc[nH]n2)CCCN1c1nc(Nc2cc(C3CC3)[nH]n2)n2cccc2n1. The van der Waals surface area contributed by atoms with E-state index in [2.05, 4.69) is 31.0 Å². The Labute approximate surface area is 183 Å². The minimum absolute atomic E-state index is 0.128. The summed E-state index contributed by atoms with van der Waals surface area (Å²) in [5, 5.41) is 20.5. The molecule has 11 nitrogen and oxygen atoms in total. The van der Waals surface area contributed by atoms with Crippen LogP contribution in [0.15, 0.2) is 36.7 Å². The van der Waals surface area contributed by atoms with E-state index in [0.29, 0.717) is 42.4 Å². The van der Waals surface area contributed by atoms with Crippen LogP contribution in [0, 0.1) is 0 Å². The van der Waals surface area contributed by atoms with Crippen molar-refractivity contribution in [1.29, 1.82) is 0 Å². The van der Waals surface area contributed by atoms with Crippen molar-refractivity contribution in [3.05, 3.63) is 42.4 Å². The lowest BCUT2D eigenvalue weighted by molar-refractivity contribution is -0.120. The summed E-state index contributed by atoms with van der Waals surface area (Å²) in [6.45, 7) is 2.62. The van der Waals surface area contributed by atoms with Gasteiger partial charge in [0, 0.05) is 42.7 Å². The molecule has 0 bridgehead atoms. The molecule has 1 saturated heterocycles. The Balaban J connectivity index is 1.33. The van der Waals surface area contributed by atoms with Gasteiger partial charge in [-0.15, -0.1) is 0 Å². The molecule has 164 valence electrons. The third kappa shape index (κ3) is 3.17. The van der Waals surface area contributed by atoms with Crippen LogP contribution in [0.4, 0.5) is 23.5 Å². The Hall–Kier alpha value is -3.89. The highest BCUT2D eigenvalue weighted by Crippen LogP contribution is 2.40. The lowest BCUT2D eigenvalue weighted by Crippen LogP contribution is -2.51. The van der Waals surface area contributed by atoms with Crippen molar-refractivity contribution < 1.29 is 4.79 Å². The van der Waals surface area contributed by atoms with E-state index in [-0.39, 0.29) is 5.91 Å². The van der Waals surface area contributed by atoms with Crippen molar-refractivity contribution in [2.75, 3.05) is 22.1 Å². The van der Waals surface area contributed by atoms with Gasteiger partial charge in [-0.3, -0.25) is 19.4 Å². The molecule has 0 aromatic carbocycles. The van der Waals surface area contributed by atoms with Gasteiger partial charge in [-0.2, -0.15) is 20.2 Å². The molecule has 4 N–H and O–H groups in total. The molecule has 0 radical (unpaired) electrons. The Morgan fingerprint density at radius 1 is 1.22 bits per heavy atom. The second-order valence-corrected chi connectivity index (χ2v) is 8.63. The van der Waals surface area contributed by atoms with Crippen LogP contribution in [0.1, 0.15) is 44.2 Å². The fraction of sp³-hybridized carbons (Fsp3) is 0.381. The quantitative estimate of drug-likeness (QED) is 0.368. The van der Waals surface area contributed by atoms with Crippen molar-refractivity contribution in [2.24, 2.45) is 0 Å². The van der Waals surface area contributed by atoms with Gasteiger partial charge in [-0.05, 0) is 44.7 Å². The van der Waals surface area contributed by atoms with Crippen LogP contribution in [-0.4, -0.2) is 52.8 Å². The number of aromatic amines is 2. The number of carbonyl (C=O) groups excluding carboxylic acids is 1. The molecule has 11 heteroatoms. The van der Waals surface area contributed by atoms with Crippen LogP contribution in [0.3, 0.4) is 0 Å². The lowest BCUT2D eigenvalue weighted by atomic mass is 9.98. The van der Waals surface area contributed by atoms with E-state index < -0.39 is 5.54 Å². The first-order valence-corrected chi connectivity index (χ1v) is 10.9. The summed E-state index contributed by atoms with van der Waals surface area (Å²) in [7, 11) is 0. The van der Waals surface area contributed by atoms with Gasteiger partial charge in [0.25, 0.3) is 5.91 Å². The zero-order valence-corrected chi connectivity index (χ0v) is 17.7. The molecule has 4 aromatic heterocycles. The molecule has 1 amide bonds. The minimum atomic E-state index is -0.785. The molecule has 32 heavy (non-hydrogen) atoms. The Morgan fingerprint density at radius 3 is 2.94 bits per heavy atom. The van der Waals surface area contributed by atoms with Crippen molar-refractivity contribution in [2.45, 2.75) is 44.1 Å². The number of amides is 1. The monoisotopic (exact) mass is 432 g/mol. The van der Waals surface area contributed by atoms with E-state index in [0.717, 1.165) is 17.8 Å². The summed E-state index contributed by atoms with van der Waals surface area (Å²) in [5.74, 6) is 2.78. The maximum atomic E-state index is 13.2. The number of aromatic nitrogens is 7. The largest absolute Gasteiger partial charge is 0.326 e. The third-order valence-electron chi connectivity index (χ3n) is 6.34. The molecular weight excluding hydrogens is 408 g/mol. The van der Waals surface area contributed by atoms with Gasteiger partial charge in [0.2, 0.25) is 11.9 Å². The number of anilines is 4. The normalized spacial score (nSPS) is 20.7. The predicted octanol–water partition coefficient (Wildman–Crippen LogP) is 2.79. The Kier molecular flexibility index (Phi) is 4.17. The topological polar surface area (TPSA) is 132 Å². The summed E-state index contributed by atoms with van der Waals surface area (Å²) in [5.41, 5.74) is 1.11. The summed E-state index contributed by atoms with van der Waals surface area (Å²) in [6.07, 6.45) is 7.56. The van der Waals surface area contributed by atoms with Crippen molar-refractivity contribution in [3.63, 3.8) is 0 Å². The van der Waals surface area contributed by atoms with Crippen molar-refractivity contribution >= 4 is 35.1 Å². The number of nitrogens with zero attached hydrogens (tertiary/aromatic N) is 6. The van der Waals surface area contributed by atoms with E-state index in [9.17, 15) is 4.79 Å². The van der Waals surface area contributed by atoms with Gasteiger partial charge in [-0.25, -0.2) is 0 Å². The van der Waals surface area contributed by atoms with Gasteiger partial charge < -0.3 is 15.5 Å². The first-order valence-electron chi connectivity index (χ1n) is 10.9. The number of hydrogen-bond acceptors (Lipinski definition) is 7. The molecule has 2 aliphatic rings. The molecule has 1 aliphatic carbocycles. The lowest BCUT2D eigenvalue weighted by Gasteiger charge is -2.33. The highest BCUT2D eigenvalue weighted by Gasteiger charge is 2.45. The van der Waals surface area contributed by atoms with Crippen LogP contribution in [0.2, 0.25) is 0 Å². The first-order chi connectivity index (χ1) is 15.6. The number of carbonyl (C=O) groups is 1. The Bertz CT molecular complexity index is 1270. The molecule has 6 rings (SSSR count). The van der Waals surface area contributed by atoms with Crippen molar-refractivity contribution in [1.82, 2.24) is 34.8 Å². The fourth-order valence-corrected chi connectivity index (χ4v) is 4.35. The first kappa shape index (κ1) is 18.8. The molecule has 1 aliphatic heterocycles. The standard InChI is InChI=1S/C21H24N10O/c1-21(18(32)23-15-7-9-22-28-15)8-3-11-31(21)20-25-17-4-2-10-30(17)19(26-20)24-16-12-14(27-29-16)13-5-6-13/h2,4,7,9-10,12-13H,3,5-6,8,11H2,1H3,(H2,22,23,28,32)(H2,24,25,26,27,29)/t21-/m0/s1. The molecule has 2 fully saturated rings. The average molecular weight is 432 g/mol. The van der Waals surface area contributed by atoms with Gasteiger partial charge in [0.15, 0.2) is 11.6 Å². The molecule has 4 aromatic rings. The maximum absolute atomic E-state index is 13.2. The Morgan fingerprint density at radius 2 is 2.12 bits per heavy atom. The number of fused-ring (bicyclic) bond motifs is 1. The smallest absolute Gasteiger partial charge is 0.251 e. The summed E-state index contributed by atoms with van der Waals surface area (Å²) in [6, 6.07) is 7.61. The van der Waals surface area contributed by atoms with E-state index in [1.54, 1.807) is 12.3 Å². The van der Waals surface area contributed by atoms with Crippen LogP contribution < -0.4 is 15.5 Å². The number of H-pyrrole nitrogens is 2. The third-order valence-corrected chi connectivity index (χ3v) is 6.34. The second-order valence-electron chi connectivity index (χ2n) is 8.63. The van der Waals surface area contributed by atoms with Gasteiger partial charge in [-0.1, -0.05) is 0 Å². The van der Waals surface area contributed by atoms with E-state index in [4.69, 9.17) is 9.97 Å². The summed E-state index contributed by atoms with van der Waals surface area (Å²) in [4.78, 5) is 24.7. The van der Waals surface area contributed by atoms with Crippen LogP contribution >= 0.6 is 0 Å². The molecular formula is C21H24N10O. The minimum Gasteiger partial charge on any atom is -0.326 e. The number of nitrogens with one attached hydrogen (secondary N) is 4. The molecule has 0 unspecified atom stereocenters. The van der Waals surface area contributed by atoms with E-state index in [1.807, 2.05) is 40.6 Å². The maximum Gasteiger partial charge on any atom is 0.251 e. The molecule has 5 heterocycles. The highest BCUT2D eigenvalue weighted by molar-refractivity contribution is 5.99. The van der Waals surface area contributed by atoms with E-state index >= 15 is 0 Å². The summed E-state index contributed by atoms with van der Waals surface area (Å²) < 4.78 is 1.88. The average Bonchev–Trinajstić information content (AvgIpc) is 3.22. The van der Waals surface area contributed by atoms with Crippen molar-refractivity contribution in [3.8, 4) is 0 Å². The number of hydrogen-bond donors (Lipinski definition) is 4. The van der Waals surface area contributed by atoms with Crippen LogP contribution in [0.25, 0.3) is 5.65 Å². The van der Waals surface area contributed by atoms with Crippen LogP contribution in [-0.2, 0) is 4.79 Å². The van der Waals surface area contributed by atoms with Gasteiger partial charge in [0.1, 0.15) is 11.2 Å².